The van der Waals surface area contributed by atoms with Gasteiger partial charge in [0, 0.05) is 25.2 Å². The molecule has 1 N–H and O–H groups in total. The van der Waals surface area contributed by atoms with Crippen molar-refractivity contribution < 1.29 is 14.0 Å². The summed E-state index contributed by atoms with van der Waals surface area (Å²) in [4.78, 5) is 27.2. The van der Waals surface area contributed by atoms with Gasteiger partial charge < -0.3 is 14.6 Å². The fourth-order valence-corrected chi connectivity index (χ4v) is 3.55. The third-order valence-corrected chi connectivity index (χ3v) is 5.29. The lowest BCUT2D eigenvalue weighted by atomic mass is 9.96. The number of benzene rings is 1. The van der Waals surface area contributed by atoms with E-state index in [1.807, 2.05) is 36.4 Å². The Hall–Kier alpha value is -2.56. The van der Waals surface area contributed by atoms with Crippen molar-refractivity contribution in [3.63, 3.8) is 0 Å². The lowest BCUT2D eigenvalue weighted by molar-refractivity contribution is -0.126. The van der Waals surface area contributed by atoms with Gasteiger partial charge in [0.25, 0.3) is 5.91 Å². The number of piperidine rings is 1. The largest absolute Gasteiger partial charge is 0.459 e. The Balaban J connectivity index is 1.44. The van der Waals surface area contributed by atoms with Gasteiger partial charge in [0.05, 0.1) is 12.2 Å². The van der Waals surface area contributed by atoms with Crippen molar-refractivity contribution in [3.05, 3.63) is 48.4 Å². The molecule has 2 aliphatic rings. The predicted octanol–water partition coefficient (Wildman–Crippen LogP) is 3.33. The standard InChI is InChI=1S/C21H24N2O3/c24-20(22-13-15-8-9-15)17-7-4-11-23(14-17)21(25)19-18(10-12-26-19)16-5-2-1-3-6-16/h1-3,5-6,10,12,15,17H,4,7-9,11,13-14H2,(H,22,24)/t17-/m1/s1. The van der Waals surface area contributed by atoms with E-state index in [4.69, 9.17) is 4.42 Å². The first-order valence-electron chi connectivity index (χ1n) is 9.42. The summed E-state index contributed by atoms with van der Waals surface area (Å²) in [7, 11) is 0. The first-order chi connectivity index (χ1) is 12.7. The number of nitrogens with one attached hydrogen (secondary N) is 1. The zero-order valence-electron chi connectivity index (χ0n) is 14.8. The molecule has 0 unspecified atom stereocenters. The molecule has 136 valence electrons. The van der Waals surface area contributed by atoms with E-state index in [2.05, 4.69) is 5.32 Å². The molecule has 1 atom stereocenters. The molecule has 2 amide bonds. The fraction of sp³-hybridized carbons (Fsp3) is 0.429. The van der Waals surface area contributed by atoms with Crippen molar-refractivity contribution in [2.24, 2.45) is 11.8 Å². The van der Waals surface area contributed by atoms with Crippen LogP contribution in [0.15, 0.2) is 47.1 Å². The molecule has 2 aromatic rings. The summed E-state index contributed by atoms with van der Waals surface area (Å²) in [6.07, 6.45) is 5.67. The Bertz CT molecular complexity index is 780. The van der Waals surface area contributed by atoms with E-state index in [0.29, 0.717) is 24.8 Å². The van der Waals surface area contributed by atoms with Gasteiger partial charge in [-0.1, -0.05) is 30.3 Å². The summed E-state index contributed by atoms with van der Waals surface area (Å²) in [5, 5.41) is 3.05. The van der Waals surface area contributed by atoms with Gasteiger partial charge >= 0.3 is 0 Å². The van der Waals surface area contributed by atoms with E-state index >= 15 is 0 Å². The van der Waals surface area contributed by atoms with E-state index < -0.39 is 0 Å². The van der Waals surface area contributed by atoms with Gasteiger partial charge in [-0.25, -0.2) is 0 Å². The molecule has 4 rings (SSSR count). The van der Waals surface area contributed by atoms with Crippen molar-refractivity contribution in [1.82, 2.24) is 10.2 Å². The van der Waals surface area contributed by atoms with E-state index in [1.165, 1.54) is 12.8 Å². The quantitative estimate of drug-likeness (QED) is 0.898. The lowest BCUT2D eigenvalue weighted by Gasteiger charge is -2.31. The molecule has 5 nitrogen and oxygen atoms in total. The van der Waals surface area contributed by atoms with Gasteiger partial charge in [-0.3, -0.25) is 9.59 Å². The normalized spacial score (nSPS) is 20.0. The molecule has 0 bridgehead atoms. The van der Waals surface area contributed by atoms with Crippen LogP contribution in [0, 0.1) is 11.8 Å². The first-order valence-corrected chi connectivity index (χ1v) is 9.42. The van der Waals surface area contributed by atoms with Crippen LogP contribution in [-0.2, 0) is 4.79 Å². The van der Waals surface area contributed by atoms with Crippen LogP contribution in [0.25, 0.3) is 11.1 Å². The Morgan fingerprint density at radius 3 is 2.69 bits per heavy atom. The Kier molecular flexibility index (Phi) is 4.78. The van der Waals surface area contributed by atoms with E-state index in [0.717, 1.165) is 30.5 Å². The second-order valence-corrected chi connectivity index (χ2v) is 7.31. The van der Waals surface area contributed by atoms with Crippen molar-refractivity contribution >= 4 is 11.8 Å². The molecule has 0 radical (unpaired) electrons. The number of carbonyl (C=O) groups excluding carboxylic acids is 2. The molecule has 1 aromatic carbocycles. The van der Waals surface area contributed by atoms with Gasteiger partial charge in [0.1, 0.15) is 0 Å². The summed E-state index contributed by atoms with van der Waals surface area (Å²) in [6.45, 7) is 1.91. The molecule has 2 fully saturated rings. The minimum Gasteiger partial charge on any atom is -0.459 e. The maximum absolute atomic E-state index is 13.0. The van der Waals surface area contributed by atoms with Crippen LogP contribution in [0.4, 0.5) is 0 Å². The monoisotopic (exact) mass is 352 g/mol. The first kappa shape index (κ1) is 16.9. The van der Waals surface area contributed by atoms with Crippen molar-refractivity contribution in [2.75, 3.05) is 19.6 Å². The molecule has 1 aliphatic carbocycles. The number of hydrogen-bond acceptors (Lipinski definition) is 3. The van der Waals surface area contributed by atoms with E-state index in [-0.39, 0.29) is 17.7 Å². The maximum atomic E-state index is 13.0. The Morgan fingerprint density at radius 2 is 1.92 bits per heavy atom. The molecule has 1 aliphatic heterocycles. The highest BCUT2D eigenvalue weighted by atomic mass is 16.3. The van der Waals surface area contributed by atoms with Crippen LogP contribution >= 0.6 is 0 Å². The van der Waals surface area contributed by atoms with Gasteiger partial charge in [-0.2, -0.15) is 0 Å². The molecule has 1 saturated heterocycles. The summed E-state index contributed by atoms with van der Waals surface area (Å²) in [6, 6.07) is 11.6. The molecule has 0 spiro atoms. The molecule has 2 heterocycles. The fourth-order valence-electron chi connectivity index (χ4n) is 3.55. The Morgan fingerprint density at radius 1 is 1.12 bits per heavy atom. The van der Waals surface area contributed by atoms with Crippen molar-refractivity contribution in [1.29, 1.82) is 0 Å². The van der Waals surface area contributed by atoms with Gasteiger partial charge in [-0.05, 0) is 43.2 Å². The number of nitrogens with zero attached hydrogens (tertiary/aromatic N) is 1. The van der Waals surface area contributed by atoms with Crippen LogP contribution in [-0.4, -0.2) is 36.3 Å². The molecule has 1 saturated carbocycles. The third-order valence-electron chi connectivity index (χ3n) is 5.29. The van der Waals surface area contributed by atoms with Gasteiger partial charge in [0.15, 0.2) is 5.76 Å². The molecule has 1 aromatic heterocycles. The highest BCUT2D eigenvalue weighted by molar-refractivity contribution is 5.98. The molecular weight excluding hydrogens is 328 g/mol. The highest BCUT2D eigenvalue weighted by Gasteiger charge is 2.32. The van der Waals surface area contributed by atoms with E-state index in [9.17, 15) is 9.59 Å². The van der Waals surface area contributed by atoms with Crippen molar-refractivity contribution in [2.45, 2.75) is 25.7 Å². The highest BCUT2D eigenvalue weighted by Crippen LogP contribution is 2.29. The van der Waals surface area contributed by atoms with Crippen LogP contribution in [0.3, 0.4) is 0 Å². The summed E-state index contributed by atoms with van der Waals surface area (Å²) in [5.41, 5.74) is 1.76. The molecule has 26 heavy (non-hydrogen) atoms. The lowest BCUT2D eigenvalue weighted by Crippen LogP contribution is -2.45. The number of hydrogen-bond donors (Lipinski definition) is 1. The topological polar surface area (TPSA) is 62.6 Å². The van der Waals surface area contributed by atoms with Crippen LogP contribution in [0.1, 0.15) is 36.2 Å². The summed E-state index contributed by atoms with van der Waals surface area (Å²) < 4.78 is 5.53. The zero-order valence-corrected chi connectivity index (χ0v) is 14.8. The van der Waals surface area contributed by atoms with Crippen LogP contribution in [0.2, 0.25) is 0 Å². The number of rotatable bonds is 5. The number of carbonyl (C=O) groups is 2. The number of likely N-dealkylation sites (tertiary alicyclic amines) is 1. The van der Waals surface area contributed by atoms with Gasteiger partial charge in [-0.15, -0.1) is 0 Å². The maximum Gasteiger partial charge on any atom is 0.290 e. The van der Waals surface area contributed by atoms with Crippen molar-refractivity contribution in [3.8, 4) is 11.1 Å². The second kappa shape index (κ2) is 7.36. The van der Waals surface area contributed by atoms with Gasteiger partial charge in [0.2, 0.25) is 5.91 Å². The van der Waals surface area contributed by atoms with E-state index in [1.54, 1.807) is 11.2 Å². The number of amides is 2. The number of furan rings is 1. The minimum atomic E-state index is -0.131. The van der Waals surface area contributed by atoms with Crippen LogP contribution in [0.5, 0.6) is 0 Å². The SMILES string of the molecule is O=C(NCC1CC1)[C@@H]1CCCN(C(=O)c2occc2-c2ccccc2)C1. The predicted molar refractivity (Wildman–Crippen MR) is 98.5 cm³/mol. The van der Waals surface area contributed by atoms with Crippen LogP contribution < -0.4 is 5.32 Å². The Labute approximate surface area is 153 Å². The average Bonchev–Trinajstić information content (AvgIpc) is 3.40. The smallest absolute Gasteiger partial charge is 0.290 e. The zero-order chi connectivity index (χ0) is 17.9. The molecule has 5 heteroatoms. The molecular formula is C21H24N2O3. The second-order valence-electron chi connectivity index (χ2n) is 7.31. The summed E-state index contributed by atoms with van der Waals surface area (Å²) in [5.74, 6) is 0.847. The summed E-state index contributed by atoms with van der Waals surface area (Å²) >= 11 is 0. The minimum absolute atomic E-state index is 0.0807. The third kappa shape index (κ3) is 3.66. The average molecular weight is 352 g/mol.